The third-order valence-electron chi connectivity index (χ3n) is 5.22. The Balaban J connectivity index is 1.71. The highest BCUT2D eigenvalue weighted by Gasteiger charge is 2.19. The summed E-state index contributed by atoms with van der Waals surface area (Å²) in [5, 5.41) is 13.8. The summed E-state index contributed by atoms with van der Waals surface area (Å²) in [6, 6.07) is 10.3. The summed E-state index contributed by atoms with van der Waals surface area (Å²) < 4.78 is 27.5. The van der Waals surface area contributed by atoms with Gasteiger partial charge in [0.2, 0.25) is 0 Å². The molecule has 1 aliphatic carbocycles. The zero-order valence-corrected chi connectivity index (χ0v) is 14.8. The molecular formula is C21H21F2N3O. The molecule has 4 N–H and O–H groups in total. The number of hydrogen-bond donors (Lipinski definition) is 3. The average molecular weight is 369 g/mol. The molecular weight excluding hydrogens is 348 g/mol. The molecule has 1 saturated carbocycles. The fourth-order valence-electron chi connectivity index (χ4n) is 3.67. The lowest BCUT2D eigenvalue weighted by atomic mass is 9.91. The fourth-order valence-corrected chi connectivity index (χ4v) is 3.67. The predicted molar refractivity (Wildman–Crippen MR) is 103 cm³/mol. The maximum Gasteiger partial charge on any atom is 0.187 e. The number of benzene rings is 2. The van der Waals surface area contributed by atoms with Crippen molar-refractivity contribution < 1.29 is 13.9 Å². The maximum atomic E-state index is 13.7. The Morgan fingerprint density at radius 1 is 0.963 bits per heavy atom. The van der Waals surface area contributed by atoms with Gasteiger partial charge < -0.3 is 16.2 Å². The summed E-state index contributed by atoms with van der Waals surface area (Å²) in [5.74, 6) is -2.92. The van der Waals surface area contributed by atoms with Gasteiger partial charge in [-0.2, -0.15) is 0 Å². The fraction of sp³-hybridized carbons (Fsp3) is 0.286. The molecule has 0 radical (unpaired) electrons. The van der Waals surface area contributed by atoms with Crippen molar-refractivity contribution in [2.45, 2.75) is 37.8 Å². The maximum absolute atomic E-state index is 13.7. The van der Waals surface area contributed by atoms with E-state index in [0.717, 1.165) is 54.4 Å². The van der Waals surface area contributed by atoms with E-state index in [0.29, 0.717) is 17.2 Å². The molecule has 0 aliphatic heterocycles. The number of rotatable bonds is 3. The molecule has 140 valence electrons. The van der Waals surface area contributed by atoms with Gasteiger partial charge in [0.15, 0.2) is 17.4 Å². The van der Waals surface area contributed by atoms with Crippen LogP contribution < -0.4 is 11.1 Å². The molecule has 2 aromatic carbocycles. The highest BCUT2D eigenvalue weighted by molar-refractivity contribution is 5.94. The first-order chi connectivity index (χ1) is 13.0. The SMILES string of the molecule is NC1CCC(Nc2ccnc3ccc(-c4cc(F)c(O)c(F)c4)cc23)CC1. The zero-order chi connectivity index (χ0) is 19.0. The number of pyridine rings is 1. The number of phenolic OH excluding ortho intramolecular Hbond substituents is 1. The molecule has 27 heavy (non-hydrogen) atoms. The standard InChI is InChI=1S/C21H21F2N3O/c22-17-10-13(11-18(23)21(17)27)12-1-6-19-16(9-12)20(7-8-25-19)26-15-4-2-14(24)3-5-15/h1,6-11,14-15,27H,2-5,24H2,(H,25,26). The van der Waals surface area contributed by atoms with Gasteiger partial charge in [0.1, 0.15) is 0 Å². The van der Waals surface area contributed by atoms with Crippen molar-refractivity contribution in [3.8, 4) is 16.9 Å². The minimum Gasteiger partial charge on any atom is -0.503 e. The zero-order valence-electron chi connectivity index (χ0n) is 14.8. The van der Waals surface area contributed by atoms with Gasteiger partial charge in [0, 0.05) is 29.4 Å². The quantitative estimate of drug-likeness (QED) is 0.633. The van der Waals surface area contributed by atoms with Crippen molar-refractivity contribution in [2.75, 3.05) is 5.32 Å². The molecule has 1 heterocycles. The Kier molecular flexibility index (Phi) is 4.66. The Hall–Kier alpha value is -2.73. The van der Waals surface area contributed by atoms with Gasteiger partial charge in [-0.3, -0.25) is 4.98 Å². The van der Waals surface area contributed by atoms with E-state index in [9.17, 15) is 13.9 Å². The number of aromatic hydroxyl groups is 1. The van der Waals surface area contributed by atoms with E-state index in [1.807, 2.05) is 18.2 Å². The Morgan fingerprint density at radius 3 is 2.37 bits per heavy atom. The van der Waals surface area contributed by atoms with Crippen LogP contribution in [-0.2, 0) is 0 Å². The van der Waals surface area contributed by atoms with Crippen molar-refractivity contribution in [2.24, 2.45) is 5.73 Å². The van der Waals surface area contributed by atoms with Crippen LogP contribution in [0, 0.1) is 11.6 Å². The number of phenols is 1. The molecule has 0 atom stereocenters. The van der Waals surface area contributed by atoms with Gasteiger partial charge >= 0.3 is 0 Å². The molecule has 6 heteroatoms. The smallest absolute Gasteiger partial charge is 0.187 e. The van der Waals surface area contributed by atoms with Gasteiger partial charge in [-0.25, -0.2) is 8.78 Å². The van der Waals surface area contributed by atoms with Crippen LogP contribution in [0.3, 0.4) is 0 Å². The number of halogens is 2. The molecule has 3 aromatic rings. The minimum absolute atomic E-state index is 0.281. The molecule has 0 saturated heterocycles. The first-order valence-corrected chi connectivity index (χ1v) is 9.10. The summed E-state index contributed by atoms with van der Waals surface area (Å²) in [5.41, 5.74) is 8.75. The molecule has 0 amide bonds. The van der Waals surface area contributed by atoms with Crippen LogP contribution in [0.15, 0.2) is 42.6 Å². The van der Waals surface area contributed by atoms with Crippen LogP contribution in [0.4, 0.5) is 14.5 Å². The van der Waals surface area contributed by atoms with Crippen LogP contribution in [0.2, 0.25) is 0 Å². The highest BCUT2D eigenvalue weighted by atomic mass is 19.1. The lowest BCUT2D eigenvalue weighted by molar-refractivity contribution is 0.396. The normalized spacial score (nSPS) is 20.0. The van der Waals surface area contributed by atoms with E-state index in [1.54, 1.807) is 12.3 Å². The van der Waals surface area contributed by atoms with E-state index < -0.39 is 17.4 Å². The van der Waals surface area contributed by atoms with E-state index in [-0.39, 0.29) is 6.04 Å². The topological polar surface area (TPSA) is 71.2 Å². The summed E-state index contributed by atoms with van der Waals surface area (Å²) in [6.07, 6.45) is 5.77. The van der Waals surface area contributed by atoms with Crippen LogP contribution in [0.5, 0.6) is 5.75 Å². The van der Waals surface area contributed by atoms with Gasteiger partial charge in [-0.05, 0) is 67.1 Å². The first kappa shape index (κ1) is 17.7. The number of nitrogens with two attached hydrogens (primary N) is 1. The van der Waals surface area contributed by atoms with Crippen LogP contribution in [0.25, 0.3) is 22.0 Å². The van der Waals surface area contributed by atoms with Crippen molar-refractivity contribution in [1.29, 1.82) is 0 Å². The molecule has 4 nitrogen and oxygen atoms in total. The minimum atomic E-state index is -0.979. The molecule has 4 rings (SSSR count). The van der Waals surface area contributed by atoms with Crippen molar-refractivity contribution >= 4 is 16.6 Å². The molecule has 0 unspecified atom stereocenters. The number of fused-ring (bicyclic) bond motifs is 1. The number of hydrogen-bond acceptors (Lipinski definition) is 4. The van der Waals surface area contributed by atoms with Gasteiger partial charge in [-0.1, -0.05) is 6.07 Å². The van der Waals surface area contributed by atoms with Gasteiger partial charge in [0.05, 0.1) is 5.52 Å². The lowest BCUT2D eigenvalue weighted by Gasteiger charge is -2.28. The Morgan fingerprint density at radius 2 is 1.67 bits per heavy atom. The molecule has 1 aliphatic rings. The van der Waals surface area contributed by atoms with Crippen LogP contribution in [0.1, 0.15) is 25.7 Å². The second kappa shape index (κ2) is 7.12. The van der Waals surface area contributed by atoms with E-state index >= 15 is 0 Å². The number of nitrogens with one attached hydrogen (secondary N) is 1. The monoisotopic (exact) mass is 369 g/mol. The van der Waals surface area contributed by atoms with Crippen molar-refractivity contribution in [3.05, 3.63) is 54.2 Å². The van der Waals surface area contributed by atoms with Crippen LogP contribution >= 0.6 is 0 Å². The second-order valence-electron chi connectivity index (χ2n) is 7.13. The first-order valence-electron chi connectivity index (χ1n) is 9.10. The second-order valence-corrected chi connectivity index (χ2v) is 7.13. The molecule has 0 bridgehead atoms. The predicted octanol–water partition coefficient (Wildman–Crippen LogP) is 4.57. The van der Waals surface area contributed by atoms with Gasteiger partial charge in [0.25, 0.3) is 0 Å². The summed E-state index contributed by atoms with van der Waals surface area (Å²) in [7, 11) is 0. The third-order valence-corrected chi connectivity index (χ3v) is 5.22. The summed E-state index contributed by atoms with van der Waals surface area (Å²) in [6.45, 7) is 0. The lowest BCUT2D eigenvalue weighted by Crippen LogP contribution is -2.32. The number of aromatic nitrogens is 1. The highest BCUT2D eigenvalue weighted by Crippen LogP contribution is 2.32. The van der Waals surface area contributed by atoms with Crippen molar-refractivity contribution in [1.82, 2.24) is 4.98 Å². The molecule has 1 fully saturated rings. The Bertz CT molecular complexity index is 961. The van der Waals surface area contributed by atoms with Crippen molar-refractivity contribution in [3.63, 3.8) is 0 Å². The number of nitrogens with zero attached hydrogens (tertiary/aromatic N) is 1. The molecule has 0 spiro atoms. The van der Waals surface area contributed by atoms with E-state index in [2.05, 4.69) is 10.3 Å². The third kappa shape index (κ3) is 3.57. The van der Waals surface area contributed by atoms with Gasteiger partial charge in [-0.15, -0.1) is 0 Å². The van der Waals surface area contributed by atoms with E-state index in [1.165, 1.54) is 0 Å². The Labute approximate surface area is 156 Å². The summed E-state index contributed by atoms with van der Waals surface area (Å²) in [4.78, 5) is 4.38. The average Bonchev–Trinajstić information content (AvgIpc) is 2.67. The molecule has 1 aromatic heterocycles. The van der Waals surface area contributed by atoms with E-state index in [4.69, 9.17) is 5.73 Å². The summed E-state index contributed by atoms with van der Waals surface area (Å²) >= 11 is 0. The van der Waals surface area contributed by atoms with Crippen LogP contribution in [-0.4, -0.2) is 22.2 Å². The largest absolute Gasteiger partial charge is 0.503 e. The number of anilines is 1.